The van der Waals surface area contributed by atoms with E-state index in [1.54, 1.807) is 12.1 Å². The molecule has 0 amide bonds. The fourth-order valence-electron chi connectivity index (χ4n) is 1.66. The third-order valence-corrected chi connectivity index (χ3v) is 2.70. The van der Waals surface area contributed by atoms with E-state index in [0.29, 0.717) is 24.4 Å². The van der Waals surface area contributed by atoms with Crippen molar-refractivity contribution in [3.63, 3.8) is 0 Å². The number of hydrogen-bond acceptors (Lipinski definition) is 6. The fraction of sp³-hybridized carbons (Fsp3) is 0.188. The molecule has 0 saturated carbocycles. The second-order valence-electron chi connectivity index (χ2n) is 4.40. The Morgan fingerprint density at radius 3 is 1.75 bits per heavy atom. The summed E-state index contributed by atoms with van der Waals surface area (Å²) in [6.07, 6.45) is 10.4. The number of aromatic nitrogens is 3. The summed E-state index contributed by atoms with van der Waals surface area (Å²) in [5.74, 6) is 5.62. The largest absolute Gasteiger partial charge is 0.350 e. The molecule has 0 aliphatic rings. The van der Waals surface area contributed by atoms with E-state index in [9.17, 15) is 4.39 Å². The van der Waals surface area contributed by atoms with Gasteiger partial charge < -0.3 is 16.0 Å². The number of nitrogens with zero attached hydrogens (tertiary/aromatic N) is 3. The van der Waals surface area contributed by atoms with Crippen LogP contribution in [0.2, 0.25) is 0 Å². The summed E-state index contributed by atoms with van der Waals surface area (Å²) in [5.41, 5.74) is 0.892. The van der Waals surface area contributed by atoms with E-state index < -0.39 is 0 Å². The molecule has 1 aromatic heterocycles. The Balaban J connectivity index is 0.00000288. The highest BCUT2D eigenvalue weighted by atomic mass is 35.5. The van der Waals surface area contributed by atoms with E-state index in [-0.39, 0.29) is 31.3 Å². The molecule has 24 heavy (non-hydrogen) atoms. The minimum atomic E-state index is -0.282. The normalized spacial score (nSPS) is 9.12. The molecule has 1 heterocycles. The molecule has 0 bridgehead atoms. The Labute approximate surface area is 146 Å². The van der Waals surface area contributed by atoms with Crippen LogP contribution in [0.1, 0.15) is 5.56 Å². The maximum absolute atomic E-state index is 12.9. The van der Waals surface area contributed by atoms with Crippen LogP contribution in [0.25, 0.3) is 0 Å². The summed E-state index contributed by atoms with van der Waals surface area (Å²) in [6.45, 7) is 1.01. The lowest BCUT2D eigenvalue weighted by molar-refractivity contribution is 0.627. The Kier molecular flexibility index (Phi) is 7.83. The van der Waals surface area contributed by atoms with Gasteiger partial charge in [-0.3, -0.25) is 0 Å². The summed E-state index contributed by atoms with van der Waals surface area (Å²) in [6, 6.07) is 6.14. The van der Waals surface area contributed by atoms with Crippen LogP contribution in [0.4, 0.5) is 22.2 Å². The van der Waals surface area contributed by atoms with Gasteiger partial charge in [0.15, 0.2) is 0 Å². The first kappa shape index (κ1) is 19.0. The minimum absolute atomic E-state index is 0. The molecule has 0 unspecified atom stereocenters. The molecule has 3 N–H and O–H groups in total. The van der Waals surface area contributed by atoms with Crippen molar-refractivity contribution in [3.8, 4) is 24.7 Å². The van der Waals surface area contributed by atoms with Gasteiger partial charge >= 0.3 is 0 Å². The summed E-state index contributed by atoms with van der Waals surface area (Å²) in [7, 11) is 0. The van der Waals surface area contributed by atoms with E-state index in [1.165, 1.54) is 12.1 Å². The van der Waals surface area contributed by atoms with E-state index in [2.05, 4.69) is 42.7 Å². The maximum atomic E-state index is 12.9. The van der Waals surface area contributed by atoms with Gasteiger partial charge in [-0.25, -0.2) is 4.39 Å². The SMILES string of the molecule is C#CCNc1nc(NCC#C)nc(NCc2ccc(F)cc2)n1.Cl. The summed E-state index contributed by atoms with van der Waals surface area (Å²) < 4.78 is 12.9. The Morgan fingerprint density at radius 1 is 0.833 bits per heavy atom. The molecule has 0 atom stereocenters. The monoisotopic (exact) mass is 346 g/mol. The van der Waals surface area contributed by atoms with Crippen molar-refractivity contribution >= 4 is 30.3 Å². The highest BCUT2D eigenvalue weighted by Gasteiger charge is 2.06. The van der Waals surface area contributed by atoms with Crippen LogP contribution in [0, 0.1) is 30.5 Å². The average Bonchev–Trinajstić information content (AvgIpc) is 2.57. The number of hydrogen-bond donors (Lipinski definition) is 3. The van der Waals surface area contributed by atoms with E-state index in [1.807, 2.05) is 0 Å². The highest BCUT2D eigenvalue weighted by Crippen LogP contribution is 2.11. The van der Waals surface area contributed by atoms with E-state index >= 15 is 0 Å². The third-order valence-electron chi connectivity index (χ3n) is 2.70. The third kappa shape index (κ3) is 5.99. The van der Waals surface area contributed by atoms with Gasteiger partial charge in [0.1, 0.15) is 5.82 Å². The quantitative estimate of drug-likeness (QED) is 0.667. The molecular formula is C16H16ClFN6. The number of nitrogens with one attached hydrogen (secondary N) is 3. The Hall–Kier alpha value is -3.03. The lowest BCUT2D eigenvalue weighted by atomic mass is 10.2. The highest BCUT2D eigenvalue weighted by molar-refractivity contribution is 5.85. The number of rotatable bonds is 7. The molecule has 2 rings (SSSR count). The van der Waals surface area contributed by atoms with Crippen molar-refractivity contribution in [2.75, 3.05) is 29.0 Å². The smallest absolute Gasteiger partial charge is 0.230 e. The van der Waals surface area contributed by atoms with Crippen LogP contribution < -0.4 is 16.0 Å². The van der Waals surface area contributed by atoms with Crippen LogP contribution >= 0.6 is 12.4 Å². The van der Waals surface area contributed by atoms with Gasteiger partial charge in [-0.05, 0) is 17.7 Å². The van der Waals surface area contributed by atoms with Gasteiger partial charge in [0, 0.05) is 6.54 Å². The second kappa shape index (κ2) is 9.88. The first-order chi connectivity index (χ1) is 11.2. The Bertz CT molecular complexity index is 699. The number of halogens is 2. The molecule has 0 spiro atoms. The lowest BCUT2D eigenvalue weighted by Crippen LogP contribution is -2.12. The van der Waals surface area contributed by atoms with E-state index in [4.69, 9.17) is 12.8 Å². The number of benzene rings is 1. The molecule has 6 nitrogen and oxygen atoms in total. The van der Waals surface area contributed by atoms with E-state index in [0.717, 1.165) is 5.56 Å². The fourth-order valence-corrected chi connectivity index (χ4v) is 1.66. The standard InChI is InChI=1S/C16H15FN6.ClH/c1-3-9-18-14-21-15(19-10-4-2)23-16(22-14)20-11-12-5-7-13(17)8-6-12;/h1-2,5-8H,9-11H2,(H3,18,19,20,21,22,23);1H. The maximum Gasteiger partial charge on any atom is 0.230 e. The number of anilines is 3. The zero-order valence-electron chi connectivity index (χ0n) is 12.7. The molecule has 124 valence electrons. The summed E-state index contributed by atoms with van der Waals surface area (Å²) in [5, 5.41) is 8.80. The molecule has 8 heteroatoms. The van der Waals surface area contributed by atoms with Crippen molar-refractivity contribution < 1.29 is 4.39 Å². The molecule has 1 aromatic carbocycles. The van der Waals surface area contributed by atoms with Crippen LogP contribution in [0.3, 0.4) is 0 Å². The molecule has 0 aliphatic heterocycles. The first-order valence-corrected chi connectivity index (χ1v) is 6.80. The zero-order valence-corrected chi connectivity index (χ0v) is 13.5. The van der Waals surface area contributed by atoms with Crippen molar-refractivity contribution in [2.45, 2.75) is 6.54 Å². The van der Waals surface area contributed by atoms with Crippen LogP contribution in [0.5, 0.6) is 0 Å². The predicted octanol–water partition coefficient (Wildman–Crippen LogP) is 2.13. The predicted molar refractivity (Wildman–Crippen MR) is 95.4 cm³/mol. The van der Waals surface area contributed by atoms with Gasteiger partial charge in [-0.2, -0.15) is 15.0 Å². The van der Waals surface area contributed by atoms with Gasteiger partial charge in [-0.15, -0.1) is 25.3 Å². The second-order valence-corrected chi connectivity index (χ2v) is 4.40. The van der Waals surface area contributed by atoms with Gasteiger partial charge in [0.2, 0.25) is 17.8 Å². The topological polar surface area (TPSA) is 74.8 Å². The average molecular weight is 347 g/mol. The van der Waals surface area contributed by atoms with Gasteiger partial charge in [0.25, 0.3) is 0 Å². The minimum Gasteiger partial charge on any atom is -0.350 e. The summed E-state index contributed by atoms with van der Waals surface area (Å²) >= 11 is 0. The zero-order chi connectivity index (χ0) is 16.5. The molecule has 0 saturated heterocycles. The lowest BCUT2D eigenvalue weighted by Gasteiger charge is -2.09. The van der Waals surface area contributed by atoms with Crippen molar-refractivity contribution in [3.05, 3.63) is 35.6 Å². The van der Waals surface area contributed by atoms with Crippen molar-refractivity contribution in [1.29, 1.82) is 0 Å². The van der Waals surface area contributed by atoms with Crippen LogP contribution in [-0.4, -0.2) is 28.0 Å². The van der Waals surface area contributed by atoms with Crippen LogP contribution in [-0.2, 0) is 6.54 Å². The molecular weight excluding hydrogens is 331 g/mol. The van der Waals surface area contributed by atoms with Crippen molar-refractivity contribution in [2.24, 2.45) is 0 Å². The molecule has 0 radical (unpaired) electrons. The van der Waals surface area contributed by atoms with Gasteiger partial charge in [0.05, 0.1) is 13.1 Å². The van der Waals surface area contributed by atoms with Crippen LogP contribution in [0.15, 0.2) is 24.3 Å². The first-order valence-electron chi connectivity index (χ1n) is 6.80. The molecule has 0 fully saturated rings. The van der Waals surface area contributed by atoms with Crippen molar-refractivity contribution in [1.82, 2.24) is 15.0 Å². The molecule has 0 aliphatic carbocycles. The Morgan fingerprint density at radius 2 is 1.29 bits per heavy atom. The summed E-state index contributed by atoms with van der Waals surface area (Å²) in [4.78, 5) is 12.6. The molecule has 2 aromatic rings. The van der Waals surface area contributed by atoms with Gasteiger partial charge in [-0.1, -0.05) is 24.0 Å². The number of terminal acetylenes is 2.